The van der Waals surface area contributed by atoms with Crippen molar-refractivity contribution in [2.75, 3.05) is 6.61 Å². The van der Waals surface area contributed by atoms with Crippen molar-refractivity contribution in [3.63, 3.8) is 0 Å². The largest absolute Gasteiger partial charge is 0.492 e. The minimum absolute atomic E-state index is 0.0186. The molecule has 1 aliphatic rings. The van der Waals surface area contributed by atoms with E-state index in [-0.39, 0.29) is 36.4 Å². The molecule has 3 aromatic carbocycles. The molecule has 0 spiro atoms. The lowest BCUT2D eigenvalue weighted by Crippen LogP contribution is -2.45. The van der Waals surface area contributed by atoms with Crippen molar-refractivity contribution in [2.24, 2.45) is 5.41 Å². The molecule has 31 heavy (non-hydrogen) atoms. The maximum absolute atomic E-state index is 13.7. The molecule has 2 N–H and O–H groups in total. The molecule has 0 radical (unpaired) electrons. The highest BCUT2D eigenvalue weighted by molar-refractivity contribution is 6.04. The van der Waals surface area contributed by atoms with E-state index in [4.69, 9.17) is 4.74 Å². The first-order valence-electron chi connectivity index (χ1n) is 9.80. The van der Waals surface area contributed by atoms with Crippen LogP contribution < -0.4 is 4.74 Å². The summed E-state index contributed by atoms with van der Waals surface area (Å²) in [4.78, 5) is 37.2. The molecule has 1 heterocycles. The smallest absolute Gasteiger partial charge is 0.335 e. The molecule has 0 unspecified atom stereocenters. The van der Waals surface area contributed by atoms with Crippen LogP contribution in [0.5, 0.6) is 5.75 Å². The van der Waals surface area contributed by atoms with Crippen molar-refractivity contribution in [3.8, 4) is 5.75 Å². The number of para-hydroxylation sites is 1. The third-order valence-corrected chi connectivity index (χ3v) is 5.67. The number of hydrogen-bond donors (Lipinski definition) is 2. The summed E-state index contributed by atoms with van der Waals surface area (Å²) in [5.74, 6) is -1.88. The molecule has 156 valence electrons. The molecular weight excluding hydrogens is 396 g/mol. The molecule has 6 nitrogen and oxygen atoms in total. The average molecular weight is 416 g/mol. The monoisotopic (exact) mass is 416 g/mol. The maximum Gasteiger partial charge on any atom is 0.335 e. The van der Waals surface area contributed by atoms with Gasteiger partial charge in [0.2, 0.25) is 0 Å². The van der Waals surface area contributed by atoms with E-state index in [1.165, 1.54) is 12.1 Å². The number of carbonyl (C=O) groups is 3. The molecule has 3 aromatic rings. The van der Waals surface area contributed by atoms with E-state index in [0.717, 1.165) is 0 Å². The van der Waals surface area contributed by atoms with Crippen molar-refractivity contribution < 1.29 is 29.3 Å². The molecule has 0 amide bonds. The summed E-state index contributed by atoms with van der Waals surface area (Å²) in [6.45, 7) is 0.0186. The Morgan fingerprint density at radius 3 is 1.81 bits per heavy atom. The van der Waals surface area contributed by atoms with Crippen LogP contribution in [0.1, 0.15) is 42.2 Å². The summed E-state index contributed by atoms with van der Waals surface area (Å²) in [7, 11) is 0. The number of ether oxygens (including phenoxy) is 1. The molecule has 4 rings (SSSR count). The van der Waals surface area contributed by atoms with Crippen LogP contribution in [0.4, 0.5) is 0 Å². The molecule has 0 aromatic heterocycles. The lowest BCUT2D eigenvalue weighted by molar-refractivity contribution is 0.0587. The van der Waals surface area contributed by atoms with E-state index in [1.807, 2.05) is 0 Å². The normalized spacial score (nSPS) is 14.4. The highest BCUT2D eigenvalue weighted by atomic mass is 16.5. The molecule has 6 heteroatoms. The number of ketones is 1. The fourth-order valence-electron chi connectivity index (χ4n) is 4.17. The predicted octanol–water partition coefficient (Wildman–Crippen LogP) is 4.13. The Labute approximate surface area is 178 Å². The quantitative estimate of drug-likeness (QED) is 0.627. The van der Waals surface area contributed by atoms with Gasteiger partial charge < -0.3 is 14.9 Å². The Morgan fingerprint density at radius 2 is 1.26 bits per heavy atom. The Bertz CT molecular complexity index is 1120. The van der Waals surface area contributed by atoms with Crippen LogP contribution in [-0.4, -0.2) is 34.5 Å². The third kappa shape index (κ3) is 3.80. The van der Waals surface area contributed by atoms with E-state index in [0.29, 0.717) is 22.4 Å². The van der Waals surface area contributed by atoms with E-state index in [1.54, 1.807) is 60.7 Å². The van der Waals surface area contributed by atoms with E-state index in [2.05, 4.69) is 0 Å². The van der Waals surface area contributed by atoms with Gasteiger partial charge in [0.25, 0.3) is 0 Å². The van der Waals surface area contributed by atoms with Gasteiger partial charge in [0, 0.05) is 0 Å². The van der Waals surface area contributed by atoms with Crippen molar-refractivity contribution in [1.29, 1.82) is 0 Å². The molecule has 0 atom stereocenters. The maximum atomic E-state index is 13.7. The van der Waals surface area contributed by atoms with Gasteiger partial charge in [0.15, 0.2) is 5.78 Å². The Morgan fingerprint density at radius 1 is 0.774 bits per heavy atom. The number of fused-ring (bicyclic) bond motifs is 1. The first-order chi connectivity index (χ1) is 14.9. The number of aromatic carboxylic acids is 2. The van der Waals surface area contributed by atoms with E-state index in [9.17, 15) is 24.6 Å². The van der Waals surface area contributed by atoms with Gasteiger partial charge >= 0.3 is 11.9 Å². The average Bonchev–Trinajstić information content (AvgIpc) is 2.77. The number of carbonyl (C=O) groups excluding carboxylic acids is 1. The number of hydrogen-bond acceptors (Lipinski definition) is 4. The second-order valence-electron chi connectivity index (χ2n) is 7.67. The number of benzene rings is 3. The fraction of sp³-hybridized carbons (Fsp3) is 0.160. The Kier molecular flexibility index (Phi) is 5.29. The van der Waals surface area contributed by atoms with Gasteiger partial charge in [-0.2, -0.15) is 0 Å². The van der Waals surface area contributed by atoms with E-state index >= 15 is 0 Å². The van der Waals surface area contributed by atoms with Crippen LogP contribution >= 0.6 is 0 Å². The van der Waals surface area contributed by atoms with Gasteiger partial charge in [-0.15, -0.1) is 0 Å². The van der Waals surface area contributed by atoms with Crippen molar-refractivity contribution in [1.82, 2.24) is 0 Å². The summed E-state index contributed by atoms with van der Waals surface area (Å²) < 4.78 is 5.94. The summed E-state index contributed by atoms with van der Waals surface area (Å²) in [5, 5.41) is 19.2. The number of carboxylic acid groups (broad SMARTS) is 2. The van der Waals surface area contributed by atoms with Crippen LogP contribution in [0.25, 0.3) is 0 Å². The zero-order chi connectivity index (χ0) is 22.0. The Hall–Kier alpha value is -3.93. The van der Waals surface area contributed by atoms with Crippen LogP contribution in [0.2, 0.25) is 0 Å². The number of rotatable bonds is 6. The van der Waals surface area contributed by atoms with Crippen LogP contribution in [0.3, 0.4) is 0 Å². The Balaban J connectivity index is 1.84. The summed E-state index contributed by atoms with van der Waals surface area (Å²) >= 11 is 0. The fourth-order valence-corrected chi connectivity index (χ4v) is 4.17. The molecule has 0 aliphatic carbocycles. The highest BCUT2D eigenvalue weighted by Crippen LogP contribution is 2.40. The standard InChI is InChI=1S/C25H20O6/c26-22-20-11-5-6-12-21(20)31-15-25(22,13-16-7-1-3-9-18(16)23(27)28)14-17-8-2-4-10-19(17)24(29)30/h1-12H,13-15H2,(H,27,28)(H,29,30). The van der Waals surface area contributed by atoms with Gasteiger partial charge in [-0.3, -0.25) is 4.79 Å². The topological polar surface area (TPSA) is 101 Å². The number of carboxylic acids is 2. The molecule has 0 bridgehead atoms. The van der Waals surface area contributed by atoms with Crippen molar-refractivity contribution in [3.05, 3.63) is 101 Å². The molecular formula is C25H20O6. The minimum Gasteiger partial charge on any atom is -0.492 e. The summed E-state index contributed by atoms with van der Waals surface area (Å²) in [6.07, 6.45) is 0.215. The van der Waals surface area contributed by atoms with Crippen molar-refractivity contribution >= 4 is 17.7 Å². The van der Waals surface area contributed by atoms with Gasteiger partial charge in [0.1, 0.15) is 12.4 Å². The van der Waals surface area contributed by atoms with Crippen LogP contribution in [-0.2, 0) is 12.8 Å². The summed E-state index contributed by atoms with van der Waals surface area (Å²) in [5.41, 5.74) is 0.485. The van der Waals surface area contributed by atoms with Crippen molar-refractivity contribution in [2.45, 2.75) is 12.8 Å². The van der Waals surface area contributed by atoms with Gasteiger partial charge in [-0.05, 0) is 48.2 Å². The third-order valence-electron chi connectivity index (χ3n) is 5.67. The first kappa shape index (κ1) is 20.3. The molecule has 1 aliphatic heterocycles. The molecule has 0 saturated heterocycles. The lowest BCUT2D eigenvalue weighted by atomic mass is 9.69. The van der Waals surface area contributed by atoms with Crippen LogP contribution in [0, 0.1) is 5.41 Å². The van der Waals surface area contributed by atoms with Gasteiger partial charge in [0.05, 0.1) is 22.1 Å². The number of Topliss-reactive ketones (excluding diaryl/α,β-unsaturated/α-hetero) is 1. The second-order valence-corrected chi connectivity index (χ2v) is 7.67. The zero-order valence-electron chi connectivity index (χ0n) is 16.6. The molecule has 0 fully saturated rings. The zero-order valence-corrected chi connectivity index (χ0v) is 16.6. The second kappa shape index (κ2) is 8.07. The predicted molar refractivity (Wildman–Crippen MR) is 113 cm³/mol. The highest BCUT2D eigenvalue weighted by Gasteiger charge is 2.45. The molecule has 0 saturated carbocycles. The van der Waals surface area contributed by atoms with Gasteiger partial charge in [-0.1, -0.05) is 48.5 Å². The SMILES string of the molecule is O=C(O)c1ccccc1CC1(Cc2ccccc2C(=O)O)COc2ccccc2C1=O. The van der Waals surface area contributed by atoms with Crippen LogP contribution in [0.15, 0.2) is 72.8 Å². The minimum atomic E-state index is -1.15. The van der Waals surface area contributed by atoms with Gasteiger partial charge in [-0.25, -0.2) is 9.59 Å². The summed E-state index contributed by atoms with van der Waals surface area (Å²) in [6, 6.07) is 20.0. The first-order valence-corrected chi connectivity index (χ1v) is 9.80. The lowest BCUT2D eigenvalue weighted by Gasteiger charge is -2.37. The van der Waals surface area contributed by atoms with E-state index < -0.39 is 17.4 Å².